The molecule has 4 heteroatoms. The van der Waals surface area contributed by atoms with Crippen molar-refractivity contribution in [1.29, 1.82) is 0 Å². The lowest BCUT2D eigenvalue weighted by atomic mass is 10.0. The molecule has 0 aliphatic heterocycles. The van der Waals surface area contributed by atoms with Gasteiger partial charge in [-0.3, -0.25) is 0 Å². The molecule has 1 aromatic rings. The second kappa shape index (κ2) is 6.35. The van der Waals surface area contributed by atoms with Crippen LogP contribution in [0.25, 0.3) is 0 Å². The van der Waals surface area contributed by atoms with Crippen LogP contribution in [0.2, 0.25) is 0 Å². The van der Waals surface area contributed by atoms with Gasteiger partial charge in [0.2, 0.25) is 10.0 Å². The van der Waals surface area contributed by atoms with Crippen LogP contribution in [0.1, 0.15) is 37.7 Å². The minimum absolute atomic E-state index is 0.0772. The predicted molar refractivity (Wildman–Crippen MR) is 77.5 cm³/mol. The highest BCUT2D eigenvalue weighted by Gasteiger charge is 2.18. The largest absolute Gasteiger partial charge is 0.241 e. The summed E-state index contributed by atoms with van der Waals surface area (Å²) < 4.78 is 27.3. The van der Waals surface area contributed by atoms with Crippen molar-refractivity contribution in [1.82, 2.24) is 4.72 Å². The van der Waals surface area contributed by atoms with Crippen LogP contribution in [0.5, 0.6) is 0 Å². The summed E-state index contributed by atoms with van der Waals surface area (Å²) in [5.74, 6) is 0. The molecular weight excluding hydrogens is 258 g/mol. The lowest BCUT2D eigenvalue weighted by Gasteiger charge is -2.17. The van der Waals surface area contributed by atoms with Gasteiger partial charge in [-0.25, -0.2) is 13.1 Å². The molecule has 1 aliphatic rings. The maximum absolute atomic E-state index is 12.3. The van der Waals surface area contributed by atoms with Gasteiger partial charge in [-0.1, -0.05) is 42.7 Å². The zero-order chi connectivity index (χ0) is 13.7. The minimum atomic E-state index is -3.41. The van der Waals surface area contributed by atoms with Gasteiger partial charge in [0.25, 0.3) is 0 Å². The fourth-order valence-electron chi connectivity index (χ4n) is 2.24. The van der Waals surface area contributed by atoms with Crippen molar-refractivity contribution >= 4 is 10.0 Å². The number of allylic oxidation sites excluding steroid dienone is 1. The highest BCUT2D eigenvalue weighted by Crippen LogP contribution is 2.15. The van der Waals surface area contributed by atoms with E-state index in [1.54, 1.807) is 12.1 Å². The van der Waals surface area contributed by atoms with E-state index in [1.165, 1.54) is 12.8 Å². The van der Waals surface area contributed by atoms with E-state index in [0.717, 1.165) is 24.8 Å². The van der Waals surface area contributed by atoms with Gasteiger partial charge in [-0.2, -0.15) is 0 Å². The van der Waals surface area contributed by atoms with E-state index in [2.05, 4.69) is 10.8 Å². The number of hydrogen-bond donors (Lipinski definition) is 1. The van der Waals surface area contributed by atoms with Crippen LogP contribution in [-0.2, 0) is 10.0 Å². The molecule has 3 nitrogen and oxygen atoms in total. The summed E-state index contributed by atoms with van der Waals surface area (Å²) in [6, 6.07) is 6.88. The van der Waals surface area contributed by atoms with Crippen LogP contribution in [0.4, 0.5) is 0 Å². The molecule has 2 rings (SSSR count). The molecule has 1 atom stereocenters. The molecule has 19 heavy (non-hydrogen) atoms. The van der Waals surface area contributed by atoms with Crippen molar-refractivity contribution in [2.75, 3.05) is 0 Å². The lowest BCUT2D eigenvalue weighted by molar-refractivity contribution is 0.538. The Labute approximate surface area is 115 Å². The Hall–Kier alpha value is -1.13. The fraction of sp³-hybridized carbons (Fsp3) is 0.467. The third kappa shape index (κ3) is 4.18. The molecule has 0 saturated carbocycles. The first kappa shape index (κ1) is 14.3. The molecule has 1 aromatic carbocycles. The first-order chi connectivity index (χ1) is 9.08. The van der Waals surface area contributed by atoms with Crippen molar-refractivity contribution in [3.63, 3.8) is 0 Å². The molecule has 1 N–H and O–H groups in total. The third-order valence-electron chi connectivity index (χ3n) is 3.39. The lowest BCUT2D eigenvalue weighted by Crippen LogP contribution is -2.33. The number of sulfonamides is 1. The Morgan fingerprint density at radius 1 is 1.11 bits per heavy atom. The minimum Gasteiger partial charge on any atom is -0.207 e. The Kier molecular flexibility index (Phi) is 4.77. The van der Waals surface area contributed by atoms with E-state index in [4.69, 9.17) is 0 Å². The number of nitrogens with one attached hydrogen (secondary N) is 1. The van der Waals surface area contributed by atoms with Crippen molar-refractivity contribution < 1.29 is 8.42 Å². The van der Waals surface area contributed by atoms with Crippen LogP contribution in [-0.4, -0.2) is 14.5 Å². The average Bonchev–Trinajstić information content (AvgIpc) is 2.33. The zero-order valence-electron chi connectivity index (χ0n) is 11.3. The molecule has 0 heterocycles. The van der Waals surface area contributed by atoms with Gasteiger partial charge in [0.1, 0.15) is 0 Å². The summed E-state index contributed by atoms with van der Waals surface area (Å²) in [5.41, 5.74) is 1.06. The topological polar surface area (TPSA) is 46.2 Å². The summed E-state index contributed by atoms with van der Waals surface area (Å²) in [6.07, 6.45) is 9.45. The predicted octanol–water partition coefficient (Wildman–Crippen LogP) is 3.16. The zero-order valence-corrected chi connectivity index (χ0v) is 12.1. The Balaban J connectivity index is 2.11. The normalized spacial score (nSPS) is 20.8. The van der Waals surface area contributed by atoms with Crippen molar-refractivity contribution in [2.24, 2.45) is 0 Å². The third-order valence-corrected chi connectivity index (χ3v) is 4.90. The second-order valence-corrected chi connectivity index (χ2v) is 6.82. The molecule has 0 spiro atoms. The number of hydrogen-bond acceptors (Lipinski definition) is 2. The summed E-state index contributed by atoms with van der Waals surface area (Å²) in [7, 11) is -3.41. The summed E-state index contributed by atoms with van der Waals surface area (Å²) >= 11 is 0. The standard InChI is InChI=1S/C15H21NO2S/c1-13-9-11-15(12-10-13)19(17,18)16-14-7-5-3-2-4-6-8-14/h5,7,9-12,14,16H,2-4,6,8H2,1H3. The van der Waals surface area contributed by atoms with Crippen LogP contribution < -0.4 is 4.72 Å². The molecular formula is C15H21NO2S. The highest BCUT2D eigenvalue weighted by molar-refractivity contribution is 7.89. The number of benzene rings is 1. The van der Waals surface area contributed by atoms with Gasteiger partial charge in [-0.05, 0) is 38.3 Å². The monoisotopic (exact) mass is 279 g/mol. The van der Waals surface area contributed by atoms with Crippen molar-refractivity contribution in [2.45, 2.75) is 50.0 Å². The highest BCUT2D eigenvalue weighted by atomic mass is 32.2. The maximum atomic E-state index is 12.3. The van der Waals surface area contributed by atoms with E-state index in [0.29, 0.717) is 4.90 Å². The molecule has 0 fully saturated rings. The van der Waals surface area contributed by atoms with Gasteiger partial charge in [0.15, 0.2) is 0 Å². The van der Waals surface area contributed by atoms with Crippen LogP contribution in [0.3, 0.4) is 0 Å². The SMILES string of the molecule is Cc1ccc(S(=O)(=O)NC2C=CCCCCC2)cc1. The second-order valence-electron chi connectivity index (χ2n) is 5.11. The van der Waals surface area contributed by atoms with E-state index < -0.39 is 10.0 Å². The van der Waals surface area contributed by atoms with E-state index in [1.807, 2.05) is 25.1 Å². The van der Waals surface area contributed by atoms with Gasteiger partial charge in [0, 0.05) is 6.04 Å². The van der Waals surface area contributed by atoms with Gasteiger partial charge >= 0.3 is 0 Å². The van der Waals surface area contributed by atoms with E-state index in [9.17, 15) is 8.42 Å². The maximum Gasteiger partial charge on any atom is 0.241 e. The Morgan fingerprint density at radius 2 is 1.84 bits per heavy atom. The van der Waals surface area contributed by atoms with Gasteiger partial charge < -0.3 is 0 Å². The van der Waals surface area contributed by atoms with E-state index >= 15 is 0 Å². The van der Waals surface area contributed by atoms with Gasteiger partial charge in [0.05, 0.1) is 4.90 Å². The fourth-order valence-corrected chi connectivity index (χ4v) is 3.47. The Morgan fingerprint density at radius 3 is 2.58 bits per heavy atom. The first-order valence-corrected chi connectivity index (χ1v) is 8.32. The Bertz CT molecular complexity index is 532. The molecule has 0 radical (unpaired) electrons. The van der Waals surface area contributed by atoms with Crippen LogP contribution in [0.15, 0.2) is 41.3 Å². The molecule has 0 bridgehead atoms. The average molecular weight is 279 g/mol. The first-order valence-electron chi connectivity index (χ1n) is 6.83. The number of aryl methyl sites for hydroxylation is 1. The molecule has 0 amide bonds. The van der Waals surface area contributed by atoms with E-state index in [-0.39, 0.29) is 6.04 Å². The number of rotatable bonds is 3. The van der Waals surface area contributed by atoms with Crippen LogP contribution >= 0.6 is 0 Å². The summed E-state index contributed by atoms with van der Waals surface area (Å²) in [5, 5.41) is 0. The molecule has 1 unspecified atom stereocenters. The molecule has 0 saturated heterocycles. The molecule has 104 valence electrons. The van der Waals surface area contributed by atoms with Crippen molar-refractivity contribution in [3.05, 3.63) is 42.0 Å². The summed E-state index contributed by atoms with van der Waals surface area (Å²) in [4.78, 5) is 0.341. The van der Waals surface area contributed by atoms with Gasteiger partial charge in [-0.15, -0.1) is 0 Å². The smallest absolute Gasteiger partial charge is 0.207 e. The summed E-state index contributed by atoms with van der Waals surface area (Å²) in [6.45, 7) is 1.95. The molecule has 0 aromatic heterocycles. The van der Waals surface area contributed by atoms with Crippen molar-refractivity contribution in [3.8, 4) is 0 Å². The van der Waals surface area contributed by atoms with Crippen LogP contribution in [0, 0.1) is 6.92 Å². The quantitative estimate of drug-likeness (QED) is 0.864. The molecule has 1 aliphatic carbocycles.